The summed E-state index contributed by atoms with van der Waals surface area (Å²) in [5, 5.41) is 2.65. The van der Waals surface area contributed by atoms with Crippen LogP contribution in [0.2, 0.25) is 0 Å². The molecule has 3 aromatic rings. The Morgan fingerprint density at radius 3 is 2.96 bits per heavy atom. The molecule has 1 aliphatic rings. The molecule has 114 valence electrons. The van der Waals surface area contributed by atoms with E-state index in [4.69, 9.17) is 0 Å². The number of pyridine rings is 1. The van der Waals surface area contributed by atoms with Gasteiger partial charge in [-0.3, -0.25) is 9.78 Å². The Hall–Kier alpha value is -2.53. The predicted molar refractivity (Wildman–Crippen MR) is 91.8 cm³/mol. The maximum Gasteiger partial charge on any atom is 0.278 e. The van der Waals surface area contributed by atoms with Crippen molar-refractivity contribution in [2.24, 2.45) is 0 Å². The predicted octanol–water partition coefficient (Wildman–Crippen LogP) is 3.80. The van der Waals surface area contributed by atoms with Gasteiger partial charge in [0.25, 0.3) is 5.91 Å². The van der Waals surface area contributed by atoms with Gasteiger partial charge < -0.3 is 4.90 Å². The highest BCUT2D eigenvalue weighted by Gasteiger charge is 2.32. The number of rotatable bonds is 2. The van der Waals surface area contributed by atoms with E-state index in [1.165, 1.54) is 16.9 Å². The van der Waals surface area contributed by atoms with Gasteiger partial charge in [-0.05, 0) is 37.1 Å². The Kier molecular flexibility index (Phi) is 3.42. The van der Waals surface area contributed by atoms with Gasteiger partial charge in [0.15, 0.2) is 0 Å². The smallest absolute Gasteiger partial charge is 0.278 e. The highest BCUT2D eigenvalue weighted by atomic mass is 32.1. The van der Waals surface area contributed by atoms with Crippen molar-refractivity contribution in [1.82, 2.24) is 9.97 Å². The molecule has 0 saturated carbocycles. The molecule has 3 heterocycles. The molecule has 0 bridgehead atoms. The molecule has 0 N–H and O–H groups in total. The lowest BCUT2D eigenvalue weighted by molar-refractivity contribution is 0.0977. The van der Waals surface area contributed by atoms with E-state index in [9.17, 15) is 4.79 Å². The Labute approximate surface area is 138 Å². The number of hydrogen-bond donors (Lipinski definition) is 0. The van der Waals surface area contributed by atoms with Crippen molar-refractivity contribution in [3.8, 4) is 10.6 Å². The van der Waals surface area contributed by atoms with Crippen molar-refractivity contribution >= 4 is 22.9 Å². The molecule has 1 amide bonds. The lowest BCUT2D eigenvalue weighted by Gasteiger charge is -2.21. The molecule has 4 rings (SSSR count). The normalized spacial score (nSPS) is 16.4. The van der Waals surface area contributed by atoms with Crippen LogP contribution in [-0.4, -0.2) is 21.9 Å². The van der Waals surface area contributed by atoms with Crippen LogP contribution in [0.4, 0.5) is 5.69 Å². The van der Waals surface area contributed by atoms with Gasteiger partial charge in [-0.2, -0.15) is 0 Å². The first kappa shape index (κ1) is 14.1. The number of amides is 1. The minimum absolute atomic E-state index is 0.0335. The van der Waals surface area contributed by atoms with E-state index in [2.05, 4.69) is 23.0 Å². The van der Waals surface area contributed by atoms with E-state index in [0.29, 0.717) is 5.69 Å². The first-order chi connectivity index (χ1) is 11.2. The second kappa shape index (κ2) is 5.59. The zero-order valence-electron chi connectivity index (χ0n) is 12.6. The summed E-state index contributed by atoms with van der Waals surface area (Å²) in [7, 11) is 0. The highest BCUT2D eigenvalue weighted by Crippen LogP contribution is 2.33. The van der Waals surface area contributed by atoms with Crippen LogP contribution in [0.3, 0.4) is 0 Å². The Morgan fingerprint density at radius 2 is 2.13 bits per heavy atom. The van der Waals surface area contributed by atoms with Crippen LogP contribution in [0.5, 0.6) is 0 Å². The number of thiazole rings is 1. The number of carbonyl (C=O) groups excluding carboxylic acids is 1. The molecule has 0 radical (unpaired) electrons. The maximum absolute atomic E-state index is 12.9. The zero-order chi connectivity index (χ0) is 15.8. The molecule has 0 fully saturated rings. The van der Waals surface area contributed by atoms with Crippen molar-refractivity contribution < 1.29 is 4.79 Å². The summed E-state index contributed by atoms with van der Waals surface area (Å²) in [6.07, 6.45) is 4.38. The molecule has 5 heteroatoms. The third kappa shape index (κ3) is 2.43. The number of hydrogen-bond acceptors (Lipinski definition) is 4. The van der Waals surface area contributed by atoms with Crippen LogP contribution in [0.1, 0.15) is 23.0 Å². The second-order valence-electron chi connectivity index (χ2n) is 5.64. The van der Waals surface area contributed by atoms with Gasteiger partial charge in [-0.1, -0.05) is 18.2 Å². The summed E-state index contributed by atoms with van der Waals surface area (Å²) >= 11 is 1.47. The van der Waals surface area contributed by atoms with E-state index in [1.807, 2.05) is 40.6 Å². The first-order valence-corrected chi connectivity index (χ1v) is 8.39. The third-order valence-electron chi connectivity index (χ3n) is 4.06. The summed E-state index contributed by atoms with van der Waals surface area (Å²) in [5.41, 5.74) is 3.65. The molecular formula is C18H15N3OS. The fourth-order valence-electron chi connectivity index (χ4n) is 2.99. The molecule has 4 nitrogen and oxygen atoms in total. The molecule has 1 aromatic carbocycles. The number of fused-ring (bicyclic) bond motifs is 1. The quantitative estimate of drug-likeness (QED) is 0.721. The number of anilines is 1. The van der Waals surface area contributed by atoms with E-state index in [0.717, 1.165) is 22.7 Å². The molecule has 0 aliphatic carbocycles. The zero-order valence-corrected chi connectivity index (χ0v) is 13.5. The van der Waals surface area contributed by atoms with Crippen LogP contribution < -0.4 is 4.90 Å². The summed E-state index contributed by atoms with van der Waals surface area (Å²) < 4.78 is 0. The van der Waals surface area contributed by atoms with E-state index in [1.54, 1.807) is 12.4 Å². The van der Waals surface area contributed by atoms with Crippen LogP contribution in [-0.2, 0) is 6.42 Å². The monoisotopic (exact) mass is 321 g/mol. The van der Waals surface area contributed by atoms with Crippen molar-refractivity contribution in [3.63, 3.8) is 0 Å². The average molecular weight is 321 g/mol. The standard InChI is InChI=1S/C18H15N3OS/c1-12-9-13-5-2-3-7-16(13)21(12)18(22)15-11-23-17(20-15)14-6-4-8-19-10-14/h2-8,10-12H,9H2,1H3. The number of benzene rings is 1. The third-order valence-corrected chi connectivity index (χ3v) is 4.95. The van der Waals surface area contributed by atoms with Crippen molar-refractivity contribution in [2.45, 2.75) is 19.4 Å². The molecule has 23 heavy (non-hydrogen) atoms. The minimum atomic E-state index is -0.0335. The molecule has 1 atom stereocenters. The first-order valence-electron chi connectivity index (χ1n) is 7.51. The molecule has 1 aliphatic heterocycles. The van der Waals surface area contributed by atoms with Crippen LogP contribution in [0.15, 0.2) is 54.2 Å². The summed E-state index contributed by atoms with van der Waals surface area (Å²) in [6.45, 7) is 2.08. The van der Waals surface area contributed by atoms with Crippen molar-refractivity contribution in [2.75, 3.05) is 4.90 Å². The highest BCUT2D eigenvalue weighted by molar-refractivity contribution is 7.13. The van der Waals surface area contributed by atoms with Crippen molar-refractivity contribution in [1.29, 1.82) is 0 Å². The second-order valence-corrected chi connectivity index (χ2v) is 6.49. The largest absolute Gasteiger partial charge is 0.304 e. The fourth-order valence-corrected chi connectivity index (χ4v) is 3.78. The average Bonchev–Trinajstić information content (AvgIpc) is 3.19. The Morgan fingerprint density at radius 1 is 1.26 bits per heavy atom. The molecule has 1 unspecified atom stereocenters. The number of aromatic nitrogens is 2. The number of para-hydroxylation sites is 1. The molecule has 0 saturated heterocycles. The van der Waals surface area contributed by atoms with Crippen LogP contribution in [0.25, 0.3) is 10.6 Å². The van der Waals surface area contributed by atoms with E-state index in [-0.39, 0.29) is 11.9 Å². The van der Waals surface area contributed by atoms with Gasteiger partial charge in [-0.25, -0.2) is 4.98 Å². The Bertz CT molecular complexity index is 859. The molecule has 0 spiro atoms. The Balaban J connectivity index is 1.67. The molecular weight excluding hydrogens is 306 g/mol. The fraction of sp³-hybridized carbons (Fsp3) is 0.167. The number of carbonyl (C=O) groups is 1. The van der Waals surface area contributed by atoms with Gasteiger partial charge in [0.2, 0.25) is 0 Å². The SMILES string of the molecule is CC1Cc2ccccc2N1C(=O)c1csc(-c2cccnc2)n1. The molecule has 2 aromatic heterocycles. The number of nitrogens with zero attached hydrogens (tertiary/aromatic N) is 3. The van der Waals surface area contributed by atoms with Gasteiger partial charge in [0.05, 0.1) is 0 Å². The summed E-state index contributed by atoms with van der Waals surface area (Å²) in [6, 6.07) is 12.1. The van der Waals surface area contributed by atoms with E-state index >= 15 is 0 Å². The maximum atomic E-state index is 12.9. The van der Waals surface area contributed by atoms with Crippen LogP contribution in [0, 0.1) is 0 Å². The van der Waals surface area contributed by atoms with Gasteiger partial charge in [-0.15, -0.1) is 11.3 Å². The summed E-state index contributed by atoms with van der Waals surface area (Å²) in [4.78, 5) is 23.4. The topological polar surface area (TPSA) is 46.1 Å². The lowest BCUT2D eigenvalue weighted by atomic mass is 10.1. The lowest BCUT2D eigenvalue weighted by Crippen LogP contribution is -2.35. The van der Waals surface area contributed by atoms with Gasteiger partial charge >= 0.3 is 0 Å². The van der Waals surface area contributed by atoms with E-state index < -0.39 is 0 Å². The van der Waals surface area contributed by atoms with Gasteiger partial charge in [0, 0.05) is 35.1 Å². The van der Waals surface area contributed by atoms with Crippen molar-refractivity contribution in [3.05, 3.63) is 65.4 Å². The minimum Gasteiger partial charge on any atom is -0.304 e. The van der Waals surface area contributed by atoms with Gasteiger partial charge in [0.1, 0.15) is 10.7 Å². The summed E-state index contributed by atoms with van der Waals surface area (Å²) in [5.74, 6) is -0.0335. The van der Waals surface area contributed by atoms with Crippen LogP contribution >= 0.6 is 11.3 Å².